The fourth-order valence-electron chi connectivity index (χ4n) is 3.05. The van der Waals surface area contributed by atoms with Crippen molar-refractivity contribution < 1.29 is 4.79 Å². The first kappa shape index (κ1) is 17.8. The Hall–Kier alpha value is -2.62. The van der Waals surface area contributed by atoms with E-state index in [0.29, 0.717) is 16.1 Å². The lowest BCUT2D eigenvalue weighted by Crippen LogP contribution is -2.02. The summed E-state index contributed by atoms with van der Waals surface area (Å²) in [5.74, 6) is -0.0000661. The van der Waals surface area contributed by atoms with Gasteiger partial charge in [0, 0.05) is 26.0 Å². The van der Waals surface area contributed by atoms with Crippen LogP contribution >= 0.6 is 27.5 Å². The van der Waals surface area contributed by atoms with Crippen LogP contribution in [0.5, 0.6) is 0 Å². The molecule has 3 aromatic carbocycles. The Morgan fingerprint density at radius 2 is 1.67 bits per heavy atom. The van der Waals surface area contributed by atoms with E-state index in [1.54, 1.807) is 0 Å². The molecule has 132 valence electrons. The molecule has 0 radical (unpaired) electrons. The summed E-state index contributed by atoms with van der Waals surface area (Å²) in [4.78, 5) is 16.6. The van der Waals surface area contributed by atoms with E-state index < -0.39 is 0 Å². The lowest BCUT2D eigenvalue weighted by molar-refractivity contribution is 0.104. The SMILES string of the molecule is O=C(c1ccccc1)c1c(/C=C/c2ccc(Cl)cc2)[nH]c2cc(Br)ccc12. The zero-order valence-electron chi connectivity index (χ0n) is 14.2. The number of carbonyl (C=O) groups is 1. The number of ketones is 1. The van der Waals surface area contributed by atoms with Crippen molar-refractivity contribution in [1.29, 1.82) is 0 Å². The highest BCUT2D eigenvalue weighted by molar-refractivity contribution is 9.10. The third kappa shape index (κ3) is 3.75. The van der Waals surface area contributed by atoms with E-state index in [2.05, 4.69) is 20.9 Å². The van der Waals surface area contributed by atoms with E-state index in [9.17, 15) is 4.79 Å². The van der Waals surface area contributed by atoms with Crippen LogP contribution in [0.15, 0.2) is 77.3 Å². The third-order valence-corrected chi connectivity index (χ3v) is 5.11. The van der Waals surface area contributed by atoms with Gasteiger partial charge in [-0.2, -0.15) is 0 Å². The second kappa shape index (κ2) is 7.55. The molecule has 0 spiro atoms. The zero-order valence-corrected chi connectivity index (χ0v) is 16.6. The standard InChI is InChI=1S/C23H15BrClNO/c24-17-9-12-19-21(14-17)26-20(13-8-15-6-10-18(25)11-7-15)22(19)23(27)16-4-2-1-3-5-16/h1-14,26H/b13-8+. The Morgan fingerprint density at radius 1 is 0.926 bits per heavy atom. The molecular formula is C23H15BrClNO. The molecule has 0 amide bonds. The van der Waals surface area contributed by atoms with E-state index in [0.717, 1.165) is 26.6 Å². The summed E-state index contributed by atoms with van der Waals surface area (Å²) in [6, 6.07) is 22.8. The summed E-state index contributed by atoms with van der Waals surface area (Å²) < 4.78 is 0.961. The van der Waals surface area contributed by atoms with Gasteiger partial charge in [0.05, 0.1) is 11.3 Å². The second-order valence-electron chi connectivity index (χ2n) is 6.18. The van der Waals surface area contributed by atoms with Gasteiger partial charge < -0.3 is 4.98 Å². The molecule has 0 saturated heterocycles. The lowest BCUT2D eigenvalue weighted by Gasteiger charge is -2.02. The number of benzene rings is 3. The van der Waals surface area contributed by atoms with Crippen LogP contribution in [0.2, 0.25) is 5.02 Å². The largest absolute Gasteiger partial charge is 0.354 e. The number of halogens is 2. The molecule has 0 fully saturated rings. The minimum atomic E-state index is -0.0000661. The van der Waals surface area contributed by atoms with E-state index in [-0.39, 0.29) is 5.78 Å². The van der Waals surface area contributed by atoms with E-state index in [1.165, 1.54) is 0 Å². The van der Waals surface area contributed by atoms with Gasteiger partial charge in [-0.05, 0) is 35.9 Å². The quantitative estimate of drug-likeness (QED) is 0.344. The summed E-state index contributed by atoms with van der Waals surface area (Å²) in [5, 5.41) is 1.60. The Bertz CT molecular complexity index is 1140. The molecular weight excluding hydrogens is 422 g/mol. The van der Waals surface area contributed by atoms with Crippen LogP contribution in [-0.4, -0.2) is 10.8 Å². The smallest absolute Gasteiger partial charge is 0.195 e. The van der Waals surface area contributed by atoms with Crippen LogP contribution in [0, 0.1) is 0 Å². The zero-order chi connectivity index (χ0) is 18.8. The van der Waals surface area contributed by atoms with Crippen molar-refractivity contribution in [3.8, 4) is 0 Å². The van der Waals surface area contributed by atoms with Crippen LogP contribution in [0.25, 0.3) is 23.1 Å². The monoisotopic (exact) mass is 435 g/mol. The molecule has 27 heavy (non-hydrogen) atoms. The Morgan fingerprint density at radius 3 is 2.41 bits per heavy atom. The third-order valence-electron chi connectivity index (χ3n) is 4.37. The molecule has 0 aliphatic carbocycles. The molecule has 2 nitrogen and oxygen atoms in total. The van der Waals surface area contributed by atoms with Crippen molar-refractivity contribution >= 4 is 56.4 Å². The number of rotatable bonds is 4. The van der Waals surface area contributed by atoms with Gasteiger partial charge in [-0.1, -0.05) is 82.1 Å². The number of hydrogen-bond acceptors (Lipinski definition) is 1. The van der Waals surface area contributed by atoms with Crippen LogP contribution in [0.1, 0.15) is 27.2 Å². The van der Waals surface area contributed by atoms with Gasteiger partial charge in [0.1, 0.15) is 0 Å². The van der Waals surface area contributed by atoms with Crippen molar-refractivity contribution in [3.05, 3.63) is 105 Å². The summed E-state index contributed by atoms with van der Waals surface area (Å²) in [6.45, 7) is 0. The number of H-pyrrole nitrogens is 1. The first-order valence-electron chi connectivity index (χ1n) is 8.46. The van der Waals surface area contributed by atoms with Gasteiger partial charge in [-0.3, -0.25) is 4.79 Å². The molecule has 1 N–H and O–H groups in total. The van der Waals surface area contributed by atoms with Crippen LogP contribution in [-0.2, 0) is 0 Å². The van der Waals surface area contributed by atoms with Crippen LogP contribution in [0.4, 0.5) is 0 Å². The molecule has 1 heterocycles. The highest BCUT2D eigenvalue weighted by Crippen LogP contribution is 2.29. The number of fused-ring (bicyclic) bond motifs is 1. The molecule has 4 heteroatoms. The predicted molar refractivity (Wildman–Crippen MR) is 116 cm³/mol. The van der Waals surface area contributed by atoms with Crippen LogP contribution in [0.3, 0.4) is 0 Å². The van der Waals surface area contributed by atoms with Gasteiger partial charge in [0.2, 0.25) is 0 Å². The second-order valence-corrected chi connectivity index (χ2v) is 7.54. The molecule has 0 bridgehead atoms. The van der Waals surface area contributed by atoms with Crippen molar-refractivity contribution in [2.24, 2.45) is 0 Å². The average Bonchev–Trinajstić information content (AvgIpc) is 3.05. The highest BCUT2D eigenvalue weighted by atomic mass is 79.9. The fourth-order valence-corrected chi connectivity index (χ4v) is 3.53. The van der Waals surface area contributed by atoms with Gasteiger partial charge in [0.15, 0.2) is 5.78 Å². The molecule has 0 unspecified atom stereocenters. The topological polar surface area (TPSA) is 32.9 Å². The summed E-state index contributed by atoms with van der Waals surface area (Å²) in [7, 11) is 0. The number of aromatic nitrogens is 1. The minimum absolute atomic E-state index is 0.0000661. The maximum absolute atomic E-state index is 13.2. The number of nitrogens with one attached hydrogen (secondary N) is 1. The van der Waals surface area contributed by atoms with Crippen LogP contribution < -0.4 is 0 Å². The molecule has 0 saturated carbocycles. The molecule has 4 aromatic rings. The van der Waals surface area contributed by atoms with E-state index in [4.69, 9.17) is 11.6 Å². The first-order chi connectivity index (χ1) is 13.1. The van der Waals surface area contributed by atoms with Crippen molar-refractivity contribution in [2.75, 3.05) is 0 Å². The fraction of sp³-hybridized carbons (Fsp3) is 0. The van der Waals surface area contributed by atoms with Crippen molar-refractivity contribution in [1.82, 2.24) is 4.98 Å². The summed E-state index contributed by atoms with van der Waals surface area (Å²) in [6.07, 6.45) is 3.91. The minimum Gasteiger partial charge on any atom is -0.354 e. The molecule has 0 aliphatic heterocycles. The molecule has 0 aliphatic rings. The average molecular weight is 437 g/mol. The normalized spacial score (nSPS) is 11.3. The Balaban J connectivity index is 1.84. The molecule has 1 aromatic heterocycles. The predicted octanol–water partition coefficient (Wildman–Crippen LogP) is 6.99. The van der Waals surface area contributed by atoms with Gasteiger partial charge in [-0.25, -0.2) is 0 Å². The lowest BCUT2D eigenvalue weighted by atomic mass is 9.99. The maximum Gasteiger partial charge on any atom is 0.195 e. The van der Waals surface area contributed by atoms with E-state index in [1.807, 2.05) is 84.9 Å². The van der Waals surface area contributed by atoms with Gasteiger partial charge in [0.25, 0.3) is 0 Å². The van der Waals surface area contributed by atoms with Crippen molar-refractivity contribution in [2.45, 2.75) is 0 Å². The highest BCUT2D eigenvalue weighted by Gasteiger charge is 2.18. The van der Waals surface area contributed by atoms with Crippen molar-refractivity contribution in [3.63, 3.8) is 0 Å². The first-order valence-corrected chi connectivity index (χ1v) is 9.63. The number of hydrogen-bond donors (Lipinski definition) is 1. The molecule has 0 atom stereocenters. The Labute approximate surface area is 170 Å². The van der Waals surface area contributed by atoms with Gasteiger partial charge >= 0.3 is 0 Å². The van der Waals surface area contributed by atoms with E-state index >= 15 is 0 Å². The molecule has 4 rings (SSSR count). The number of carbonyl (C=O) groups excluding carboxylic acids is 1. The summed E-state index contributed by atoms with van der Waals surface area (Å²) >= 11 is 9.45. The summed E-state index contributed by atoms with van der Waals surface area (Å²) in [5.41, 5.74) is 4.06. The number of aromatic amines is 1. The Kier molecular flexibility index (Phi) is 4.97. The maximum atomic E-state index is 13.2. The van der Waals surface area contributed by atoms with Gasteiger partial charge in [-0.15, -0.1) is 0 Å².